The van der Waals surface area contributed by atoms with Crippen LogP contribution in [0.3, 0.4) is 0 Å². The molecule has 4 N–H and O–H groups in total. The fourth-order valence-corrected chi connectivity index (χ4v) is 6.37. The minimum absolute atomic E-state index is 0.0189. The average molecular weight is 581 g/mol. The fraction of sp³-hybridized carbons (Fsp3) is 0.235. The fourth-order valence-electron chi connectivity index (χ4n) is 5.34. The Labute approximate surface area is 247 Å². The lowest BCUT2D eigenvalue weighted by Gasteiger charge is -2.24. The van der Waals surface area contributed by atoms with Crippen LogP contribution in [-0.4, -0.2) is 47.8 Å². The van der Waals surface area contributed by atoms with E-state index in [9.17, 15) is 19.5 Å². The minimum atomic E-state index is -2.08. The van der Waals surface area contributed by atoms with Crippen molar-refractivity contribution in [2.45, 2.75) is 38.5 Å². The third-order valence-corrected chi connectivity index (χ3v) is 9.14. The van der Waals surface area contributed by atoms with Crippen LogP contribution in [0.15, 0.2) is 84.9 Å². The lowest BCUT2D eigenvalue weighted by Crippen LogP contribution is -2.30. The first-order valence-corrected chi connectivity index (χ1v) is 17.4. The largest absolute Gasteiger partial charge is 0.507 e. The molecule has 1 aliphatic rings. The number of ether oxygens (including phenoxy) is 1. The number of ketones is 2. The topological polar surface area (TPSA) is 113 Å². The van der Waals surface area contributed by atoms with Gasteiger partial charge in [0.15, 0.2) is 25.6 Å². The number of hydrogen-bond acceptors (Lipinski definition) is 7. The second-order valence-electron chi connectivity index (χ2n) is 11.4. The maximum atomic E-state index is 13.2. The van der Waals surface area contributed by atoms with Crippen LogP contribution >= 0.6 is 0 Å². The highest BCUT2D eigenvalue weighted by molar-refractivity contribution is 6.69. The number of fused-ring (bicyclic) bond motifs is 2. The summed E-state index contributed by atoms with van der Waals surface area (Å²) in [7, 11) is -2.08. The number of anilines is 1. The van der Waals surface area contributed by atoms with Crippen LogP contribution in [0, 0.1) is 0 Å². The minimum Gasteiger partial charge on any atom is -0.507 e. The summed E-state index contributed by atoms with van der Waals surface area (Å²) in [4.78, 5) is 38.9. The zero-order valence-corrected chi connectivity index (χ0v) is 25.0. The van der Waals surface area contributed by atoms with Gasteiger partial charge in [-0.2, -0.15) is 0 Å². The first kappa shape index (κ1) is 29.3. The molecule has 216 valence electrons. The average Bonchev–Trinajstić information content (AvgIpc) is 2.97. The van der Waals surface area contributed by atoms with E-state index in [1.807, 2.05) is 43.4 Å². The number of phenolic OH excluding ortho intramolecular Hbond substituents is 1. The summed E-state index contributed by atoms with van der Waals surface area (Å²) in [6.07, 6.45) is 1.80. The first-order chi connectivity index (χ1) is 20.1. The molecule has 0 unspecified atom stereocenters. The van der Waals surface area contributed by atoms with Crippen LogP contribution in [0.1, 0.15) is 49.4 Å². The van der Waals surface area contributed by atoms with E-state index in [-0.39, 0.29) is 39.4 Å². The number of rotatable bonds is 11. The van der Waals surface area contributed by atoms with Gasteiger partial charge in [0, 0.05) is 30.3 Å². The van der Waals surface area contributed by atoms with E-state index in [1.54, 1.807) is 24.3 Å². The molecule has 0 saturated carbocycles. The Balaban J connectivity index is 1.28. The van der Waals surface area contributed by atoms with Crippen molar-refractivity contribution in [3.8, 4) is 17.2 Å². The molecule has 7 nitrogen and oxygen atoms in total. The summed E-state index contributed by atoms with van der Waals surface area (Å²) < 4.78 is 5.99. The summed E-state index contributed by atoms with van der Waals surface area (Å²) in [5, 5.41) is 10.7. The van der Waals surface area contributed by atoms with Gasteiger partial charge in [0.1, 0.15) is 11.5 Å². The zero-order chi connectivity index (χ0) is 29.9. The van der Waals surface area contributed by atoms with Gasteiger partial charge in [-0.05, 0) is 61.8 Å². The van der Waals surface area contributed by atoms with Crippen molar-refractivity contribution in [2.75, 3.05) is 18.8 Å². The Kier molecular flexibility index (Phi) is 8.58. The summed E-state index contributed by atoms with van der Waals surface area (Å²) >= 11 is 0. The van der Waals surface area contributed by atoms with E-state index >= 15 is 0 Å². The highest BCUT2D eigenvalue weighted by Gasteiger charge is 2.35. The quantitative estimate of drug-likeness (QED) is 0.0972. The molecular formula is C34H36N2O5Si. The summed E-state index contributed by atoms with van der Waals surface area (Å²) in [5.41, 5.74) is 9.13. The number of hydrogen-bond donors (Lipinski definition) is 3. The van der Waals surface area contributed by atoms with Gasteiger partial charge in [-0.15, -0.1) is 0 Å². The highest BCUT2D eigenvalue weighted by Crippen LogP contribution is 2.42. The summed E-state index contributed by atoms with van der Waals surface area (Å²) in [6.45, 7) is 6.59. The standard InChI is InChI=1S/C34H36N2O5Si/c1-42(2,40)20-8-18-36(22-24-9-4-3-5-10-24)19-17-23-13-15-25(16-14-23)41-29-21-28(37)30-31(32(29)35)34(39)27-12-7-6-11-26(27)33(30)38/h3-7,9-16,21,37,40H,8,17-20,22,35H2,1-2H3. The van der Waals surface area contributed by atoms with Gasteiger partial charge in [-0.1, -0.05) is 66.7 Å². The van der Waals surface area contributed by atoms with Crippen molar-refractivity contribution >= 4 is 25.6 Å². The molecule has 0 aromatic heterocycles. The Morgan fingerprint density at radius 3 is 2.07 bits per heavy atom. The van der Waals surface area contributed by atoms with Gasteiger partial charge in [-0.3, -0.25) is 14.5 Å². The second kappa shape index (κ2) is 12.3. The molecule has 0 fully saturated rings. The number of carbonyl (C=O) groups is 2. The lowest BCUT2D eigenvalue weighted by molar-refractivity contribution is 0.0977. The van der Waals surface area contributed by atoms with Gasteiger partial charge in [0.2, 0.25) is 0 Å². The van der Waals surface area contributed by atoms with Crippen LogP contribution in [0.4, 0.5) is 5.69 Å². The van der Waals surface area contributed by atoms with Crippen molar-refractivity contribution in [3.05, 3.63) is 118 Å². The molecule has 0 amide bonds. The molecule has 0 bridgehead atoms. The van der Waals surface area contributed by atoms with E-state index < -0.39 is 19.9 Å². The van der Waals surface area contributed by atoms with Crippen molar-refractivity contribution < 1.29 is 24.2 Å². The van der Waals surface area contributed by atoms with Gasteiger partial charge in [0.05, 0.1) is 16.8 Å². The zero-order valence-electron chi connectivity index (χ0n) is 24.0. The number of nitrogen functional groups attached to an aromatic ring is 1. The van der Waals surface area contributed by atoms with E-state index in [2.05, 4.69) is 29.2 Å². The smallest absolute Gasteiger partial charge is 0.198 e. The molecule has 0 spiro atoms. The molecule has 4 aromatic rings. The van der Waals surface area contributed by atoms with Gasteiger partial charge in [0.25, 0.3) is 0 Å². The van der Waals surface area contributed by atoms with Crippen LogP contribution < -0.4 is 10.5 Å². The number of aromatic hydroxyl groups is 1. The Bertz CT molecular complexity index is 1600. The van der Waals surface area contributed by atoms with Gasteiger partial charge < -0.3 is 20.4 Å². The van der Waals surface area contributed by atoms with Crippen molar-refractivity contribution in [1.82, 2.24) is 4.90 Å². The third kappa shape index (κ3) is 6.62. The van der Waals surface area contributed by atoms with Crippen molar-refractivity contribution in [3.63, 3.8) is 0 Å². The van der Waals surface area contributed by atoms with E-state index in [0.717, 1.165) is 44.1 Å². The predicted octanol–water partition coefficient (Wildman–Crippen LogP) is 6.17. The Morgan fingerprint density at radius 2 is 1.43 bits per heavy atom. The molecule has 0 aliphatic heterocycles. The molecule has 42 heavy (non-hydrogen) atoms. The number of carbonyl (C=O) groups excluding carboxylic acids is 2. The second-order valence-corrected chi connectivity index (χ2v) is 15.6. The molecule has 8 heteroatoms. The van der Waals surface area contributed by atoms with Crippen molar-refractivity contribution in [2.24, 2.45) is 0 Å². The number of nitrogens with zero attached hydrogens (tertiary/aromatic N) is 1. The van der Waals surface area contributed by atoms with Crippen LogP contribution in [0.5, 0.6) is 17.2 Å². The van der Waals surface area contributed by atoms with Crippen LogP contribution in [0.25, 0.3) is 0 Å². The Hall–Kier alpha value is -4.24. The van der Waals surface area contributed by atoms with Crippen LogP contribution in [0.2, 0.25) is 19.1 Å². The monoisotopic (exact) mass is 580 g/mol. The summed E-state index contributed by atoms with van der Waals surface area (Å²) in [6, 6.07) is 26.7. The molecule has 1 aliphatic carbocycles. The highest BCUT2D eigenvalue weighted by atomic mass is 28.4. The molecule has 4 aromatic carbocycles. The van der Waals surface area contributed by atoms with E-state index in [0.29, 0.717) is 5.75 Å². The molecule has 0 atom stereocenters. The maximum absolute atomic E-state index is 13.2. The molecule has 0 heterocycles. The predicted molar refractivity (Wildman–Crippen MR) is 167 cm³/mol. The molecule has 0 radical (unpaired) electrons. The van der Waals surface area contributed by atoms with E-state index in [4.69, 9.17) is 10.5 Å². The summed E-state index contributed by atoms with van der Waals surface area (Å²) in [5.74, 6) is -0.591. The maximum Gasteiger partial charge on any atom is 0.198 e. The first-order valence-electron chi connectivity index (χ1n) is 14.2. The normalized spacial score (nSPS) is 12.8. The van der Waals surface area contributed by atoms with Gasteiger partial charge >= 0.3 is 0 Å². The number of phenols is 1. The van der Waals surface area contributed by atoms with Crippen molar-refractivity contribution in [1.29, 1.82) is 0 Å². The molecular weight excluding hydrogens is 544 g/mol. The van der Waals surface area contributed by atoms with Gasteiger partial charge in [-0.25, -0.2) is 0 Å². The van der Waals surface area contributed by atoms with E-state index in [1.165, 1.54) is 11.6 Å². The number of benzene rings is 4. The number of nitrogens with two attached hydrogens (primary N) is 1. The third-order valence-electron chi connectivity index (χ3n) is 7.56. The molecule has 0 saturated heterocycles. The SMILES string of the molecule is C[Si](C)(O)CCCN(CCc1ccc(Oc2cc(O)c3c(c2N)C(=O)c2ccccc2C3=O)cc1)Cc1ccccc1. The van der Waals surface area contributed by atoms with Crippen LogP contribution in [-0.2, 0) is 13.0 Å². The Morgan fingerprint density at radius 1 is 0.810 bits per heavy atom. The molecule has 5 rings (SSSR count). The lowest BCUT2D eigenvalue weighted by atomic mass is 9.82.